The number of halogens is 5. The van der Waals surface area contributed by atoms with Crippen molar-refractivity contribution in [1.29, 1.82) is 0 Å². The van der Waals surface area contributed by atoms with Crippen molar-refractivity contribution < 1.29 is 36.9 Å². The summed E-state index contributed by atoms with van der Waals surface area (Å²) in [6.45, 7) is 0.765. The normalized spacial score (nSPS) is 24.2. The highest BCUT2D eigenvalue weighted by Gasteiger charge is 2.74. The summed E-state index contributed by atoms with van der Waals surface area (Å²) in [4.78, 5) is 19.0. The number of anilines is 1. The first-order valence-electron chi connectivity index (χ1n) is 12.2. The molecule has 5 rings (SSSR count). The molecule has 1 aliphatic carbocycles. The summed E-state index contributed by atoms with van der Waals surface area (Å²) < 4.78 is 68.3. The number of methoxy groups -OCH3 is 1. The van der Waals surface area contributed by atoms with E-state index in [1.54, 1.807) is 36.4 Å². The van der Waals surface area contributed by atoms with Crippen LogP contribution in [0.15, 0.2) is 54.7 Å². The van der Waals surface area contributed by atoms with E-state index in [2.05, 4.69) is 4.98 Å². The van der Waals surface area contributed by atoms with E-state index in [0.29, 0.717) is 36.0 Å². The molecule has 1 aromatic heterocycles. The van der Waals surface area contributed by atoms with Gasteiger partial charge in [0.05, 0.1) is 20.1 Å². The predicted octanol–water partition coefficient (Wildman–Crippen LogP) is 5.66. The zero-order valence-electron chi connectivity index (χ0n) is 21.1. The minimum Gasteiger partial charge on any atom is -0.497 e. The third-order valence-corrected chi connectivity index (χ3v) is 7.63. The molecule has 206 valence electrons. The van der Waals surface area contributed by atoms with E-state index in [1.807, 2.05) is 0 Å². The Balaban J connectivity index is 1.53. The van der Waals surface area contributed by atoms with E-state index in [9.17, 15) is 23.1 Å². The fraction of sp³-hybridized carbons (Fsp3) is 0.357. The Labute approximate surface area is 227 Å². The number of hydrogen-bond donors (Lipinski definition) is 1. The van der Waals surface area contributed by atoms with Crippen molar-refractivity contribution in [3.05, 3.63) is 82.1 Å². The molecule has 0 radical (unpaired) electrons. The summed E-state index contributed by atoms with van der Waals surface area (Å²) in [7, 11) is 1.52. The van der Waals surface area contributed by atoms with Crippen molar-refractivity contribution >= 4 is 23.2 Å². The highest BCUT2D eigenvalue weighted by Crippen LogP contribution is 2.63. The van der Waals surface area contributed by atoms with Crippen LogP contribution in [0.2, 0.25) is 5.15 Å². The van der Waals surface area contributed by atoms with Gasteiger partial charge in [-0.15, -0.1) is 0 Å². The highest BCUT2D eigenvalue weighted by molar-refractivity contribution is 6.29. The van der Waals surface area contributed by atoms with Crippen LogP contribution in [-0.2, 0) is 28.9 Å². The van der Waals surface area contributed by atoms with Crippen LogP contribution in [0.4, 0.5) is 23.2 Å². The summed E-state index contributed by atoms with van der Waals surface area (Å²) in [5.41, 5.74) is -6.34. The van der Waals surface area contributed by atoms with Crippen LogP contribution in [0, 0.1) is 0 Å². The molecule has 0 saturated carbocycles. The van der Waals surface area contributed by atoms with Crippen LogP contribution >= 0.6 is 11.6 Å². The van der Waals surface area contributed by atoms with Crippen LogP contribution < -0.4 is 14.4 Å². The molecule has 0 bridgehead atoms. The van der Waals surface area contributed by atoms with Crippen LogP contribution in [-0.4, -0.2) is 41.9 Å². The lowest BCUT2D eigenvalue weighted by molar-refractivity contribution is -0.328. The van der Waals surface area contributed by atoms with Gasteiger partial charge in [-0.2, -0.15) is 13.2 Å². The zero-order valence-corrected chi connectivity index (χ0v) is 21.8. The van der Waals surface area contributed by atoms with E-state index < -0.39 is 29.1 Å². The second kappa shape index (κ2) is 9.67. The number of benzene rings is 2. The van der Waals surface area contributed by atoms with Crippen LogP contribution in [0.25, 0.3) is 0 Å². The van der Waals surface area contributed by atoms with Gasteiger partial charge in [-0.05, 0) is 61.2 Å². The monoisotopic (exact) mass is 564 g/mol. The van der Waals surface area contributed by atoms with Crippen molar-refractivity contribution in [2.45, 2.75) is 49.7 Å². The smallest absolute Gasteiger partial charge is 0.425 e. The predicted molar refractivity (Wildman–Crippen MR) is 136 cm³/mol. The maximum atomic E-state index is 15.4. The molecule has 2 aromatic carbocycles. The Morgan fingerprint density at radius 2 is 1.92 bits per heavy atom. The maximum absolute atomic E-state index is 15.4. The lowest BCUT2D eigenvalue weighted by atomic mass is 9.61. The van der Waals surface area contributed by atoms with Gasteiger partial charge in [0.1, 0.15) is 22.8 Å². The van der Waals surface area contributed by atoms with Gasteiger partial charge in [0.15, 0.2) is 5.67 Å². The van der Waals surface area contributed by atoms with Crippen LogP contribution in [0.5, 0.6) is 11.5 Å². The lowest BCUT2D eigenvalue weighted by Gasteiger charge is -2.51. The number of carbonyl (C=O) groups is 1. The first-order valence-corrected chi connectivity index (χ1v) is 12.6. The van der Waals surface area contributed by atoms with Gasteiger partial charge >= 0.3 is 6.18 Å². The number of alkyl halides is 4. The van der Waals surface area contributed by atoms with Crippen LogP contribution in [0.3, 0.4) is 0 Å². The molecule has 11 heteroatoms. The third-order valence-electron chi connectivity index (χ3n) is 7.41. The van der Waals surface area contributed by atoms with Crippen LogP contribution in [0.1, 0.15) is 35.6 Å². The van der Waals surface area contributed by atoms with Gasteiger partial charge in [-0.3, -0.25) is 4.79 Å². The van der Waals surface area contributed by atoms with Crippen molar-refractivity contribution in [3.8, 4) is 11.5 Å². The molecule has 39 heavy (non-hydrogen) atoms. The number of hydrogen-bond acceptors (Lipinski definition) is 5. The Morgan fingerprint density at radius 3 is 2.59 bits per heavy atom. The van der Waals surface area contributed by atoms with Gasteiger partial charge in [0.2, 0.25) is 11.5 Å². The highest BCUT2D eigenvalue weighted by atomic mass is 35.5. The second-order valence-electron chi connectivity index (χ2n) is 9.87. The van der Waals surface area contributed by atoms with Gasteiger partial charge in [-0.1, -0.05) is 23.7 Å². The number of nitrogens with zero attached hydrogens (tertiary/aromatic N) is 2. The molecule has 2 heterocycles. The summed E-state index contributed by atoms with van der Waals surface area (Å²) in [6.07, 6.45) is -3.79. The molecular weight excluding hydrogens is 540 g/mol. The molecular formula is C28H25ClF4N2O4. The Hall–Kier alpha value is -3.37. The number of rotatable bonds is 5. The number of fused-ring (bicyclic) bond motifs is 2. The first-order chi connectivity index (χ1) is 18.3. The van der Waals surface area contributed by atoms with Crippen molar-refractivity contribution in [2.24, 2.45) is 0 Å². The van der Waals surface area contributed by atoms with E-state index in [4.69, 9.17) is 21.1 Å². The van der Waals surface area contributed by atoms with Crippen molar-refractivity contribution in [1.82, 2.24) is 4.98 Å². The molecule has 1 amide bonds. The Kier molecular flexibility index (Phi) is 6.75. The summed E-state index contributed by atoms with van der Waals surface area (Å²) >= 11 is 5.86. The second-order valence-corrected chi connectivity index (χ2v) is 10.3. The molecule has 1 N–H and O–H groups in total. The standard InChI is InChI=1S/C28H25ClF4N2O4/c1-26(30)21-13-23-17(11-22(21)27(26,37)28(31,32)33)7-8-20(39-19-5-3-4-18(12-19)38-2)15-35(23)25(36)10-16-6-9-24(29)34-14-16/h3-6,9,11-14,20,37H,7-8,10,15H2,1-2H3/t20-,26?,27?/m0/s1. The van der Waals surface area contributed by atoms with Crippen molar-refractivity contribution in [2.75, 3.05) is 18.6 Å². The number of ether oxygens (including phenoxy) is 2. The summed E-state index contributed by atoms with van der Waals surface area (Å²) in [5, 5.41) is 10.7. The zero-order chi connectivity index (χ0) is 28.2. The molecule has 3 atom stereocenters. The molecule has 2 unspecified atom stereocenters. The van der Waals surface area contributed by atoms with Gasteiger partial charge in [-0.25, -0.2) is 9.37 Å². The fourth-order valence-electron chi connectivity index (χ4n) is 5.27. The Bertz CT molecular complexity index is 1410. The van der Waals surface area contributed by atoms with E-state index in [-0.39, 0.29) is 41.7 Å². The first kappa shape index (κ1) is 27.2. The summed E-state index contributed by atoms with van der Waals surface area (Å²) in [6, 6.07) is 12.5. The van der Waals surface area contributed by atoms with E-state index in [0.717, 1.165) is 6.07 Å². The molecule has 1 aliphatic heterocycles. The molecule has 0 saturated heterocycles. The molecule has 0 fully saturated rings. The lowest BCUT2D eigenvalue weighted by Crippen LogP contribution is -2.62. The van der Waals surface area contributed by atoms with Gasteiger partial charge < -0.3 is 19.5 Å². The number of aromatic nitrogens is 1. The minimum absolute atomic E-state index is 0.0649. The fourth-order valence-corrected chi connectivity index (χ4v) is 5.38. The largest absolute Gasteiger partial charge is 0.497 e. The Morgan fingerprint density at radius 1 is 1.18 bits per heavy atom. The molecule has 2 aliphatic rings. The number of amides is 1. The molecule has 3 aromatic rings. The maximum Gasteiger partial charge on any atom is 0.425 e. The number of aryl methyl sites for hydroxylation is 1. The van der Waals surface area contributed by atoms with E-state index >= 15 is 4.39 Å². The van der Waals surface area contributed by atoms with Gasteiger partial charge in [0, 0.05) is 29.1 Å². The van der Waals surface area contributed by atoms with Crippen molar-refractivity contribution in [3.63, 3.8) is 0 Å². The average Bonchev–Trinajstić information content (AvgIpc) is 3.07. The average molecular weight is 565 g/mol. The summed E-state index contributed by atoms with van der Waals surface area (Å²) in [5.74, 6) is 0.682. The third kappa shape index (κ3) is 4.59. The SMILES string of the molecule is COc1cccc(O[C@H]2CCc3cc4c(cc3N(C(=O)Cc3ccc(Cl)nc3)C2)C(C)(F)C4(O)C(F)(F)F)c1. The minimum atomic E-state index is -5.22. The van der Waals surface area contributed by atoms with Gasteiger partial charge in [0.25, 0.3) is 0 Å². The van der Waals surface area contributed by atoms with E-state index in [1.165, 1.54) is 24.3 Å². The number of pyridine rings is 1. The number of carbonyl (C=O) groups excluding carboxylic acids is 1. The topological polar surface area (TPSA) is 71.9 Å². The number of aliphatic hydroxyl groups is 1. The quantitative estimate of drug-likeness (QED) is 0.320. The molecule has 6 nitrogen and oxygen atoms in total. The molecule has 0 spiro atoms.